The van der Waals surface area contributed by atoms with Gasteiger partial charge in [0.05, 0.1) is 0 Å². The minimum Gasteiger partial charge on any atom is -0.356 e. The molecule has 0 aromatic carbocycles. The van der Waals surface area contributed by atoms with Crippen molar-refractivity contribution in [3.63, 3.8) is 0 Å². The number of hydrogen-bond donors (Lipinski definition) is 0. The van der Waals surface area contributed by atoms with E-state index in [-0.39, 0.29) is 12.0 Å². The normalized spacial score (nSPS) is 12.9. The first-order chi connectivity index (χ1) is 5.76. The largest absolute Gasteiger partial charge is 0.356 e. The Morgan fingerprint density at radius 2 is 1.83 bits per heavy atom. The summed E-state index contributed by atoms with van der Waals surface area (Å²) in [4.78, 5) is 14.1. The second kappa shape index (κ2) is 9.88. The summed E-state index contributed by atoms with van der Waals surface area (Å²) in [7, 11) is 0. The molecule has 0 fully saturated rings. The van der Waals surface area contributed by atoms with Crippen molar-refractivity contribution in [2.24, 2.45) is 11.3 Å². The van der Waals surface area contributed by atoms with E-state index in [2.05, 4.69) is 23.3 Å². The second-order valence-corrected chi connectivity index (χ2v) is 1.98. The van der Waals surface area contributed by atoms with Crippen LogP contribution in [0.1, 0.15) is 20.8 Å². The maximum atomic E-state index is 9.64. The molecular weight excluding hydrogens is 154 g/mol. The third-order valence-corrected chi connectivity index (χ3v) is 1.29. The zero-order valence-electron chi connectivity index (χ0n) is 7.99. The molecule has 0 radical (unpaired) electrons. The first kappa shape index (κ1) is 13.5. The van der Waals surface area contributed by atoms with Crippen molar-refractivity contribution in [2.75, 3.05) is 0 Å². The fourth-order valence-electron chi connectivity index (χ4n) is 0.537. The van der Waals surface area contributed by atoms with Crippen LogP contribution in [-0.2, 0) is 4.84 Å². The monoisotopic (exact) mass is 171 g/mol. The van der Waals surface area contributed by atoms with E-state index in [1.807, 2.05) is 20.8 Å². The molecule has 0 N–H and O–H groups in total. The first-order valence-electron chi connectivity index (χ1n) is 3.99. The van der Waals surface area contributed by atoms with E-state index >= 15 is 0 Å². The minimum absolute atomic E-state index is 0.0650. The predicted octanol–water partition coefficient (Wildman–Crippen LogP) is 3.09. The molecule has 0 saturated heterocycles. The van der Waals surface area contributed by atoms with Crippen LogP contribution < -0.4 is 0 Å². The van der Waals surface area contributed by atoms with E-state index < -0.39 is 0 Å². The summed E-state index contributed by atoms with van der Waals surface area (Å²) >= 11 is 0. The molecule has 2 unspecified atom stereocenters. The fourth-order valence-corrected chi connectivity index (χ4v) is 0.537. The van der Waals surface area contributed by atoms with E-state index in [1.54, 1.807) is 6.08 Å². The van der Waals surface area contributed by atoms with E-state index in [9.17, 15) is 4.91 Å². The standard InChI is InChI=1S/C7H11NO2.C2H6/c1-4-6(3)7(5-2)10-8-9;1-2/h4-7H,1-2H2,3H3;1-2H3. The van der Waals surface area contributed by atoms with Gasteiger partial charge in [-0.05, 0) is 6.08 Å². The summed E-state index contributed by atoms with van der Waals surface area (Å²) in [6.45, 7) is 12.9. The summed E-state index contributed by atoms with van der Waals surface area (Å²) < 4.78 is 0. The molecule has 0 saturated carbocycles. The Bertz CT molecular complexity index is 134. The average Bonchev–Trinajstić information content (AvgIpc) is 2.16. The van der Waals surface area contributed by atoms with Crippen LogP contribution in [0, 0.1) is 10.8 Å². The molecule has 0 heterocycles. The summed E-state index contributed by atoms with van der Waals surface area (Å²) in [5.74, 6) is 0.0650. The molecule has 2 atom stereocenters. The molecule has 3 nitrogen and oxygen atoms in total. The van der Waals surface area contributed by atoms with Gasteiger partial charge in [0, 0.05) is 5.92 Å². The summed E-state index contributed by atoms with van der Waals surface area (Å²) in [6, 6.07) is 0. The van der Waals surface area contributed by atoms with Crippen LogP contribution >= 0.6 is 0 Å². The summed E-state index contributed by atoms with van der Waals surface area (Å²) in [6.07, 6.45) is 2.85. The van der Waals surface area contributed by atoms with Crippen molar-refractivity contribution >= 4 is 0 Å². The van der Waals surface area contributed by atoms with Crippen LogP contribution in [0.25, 0.3) is 0 Å². The molecule has 0 spiro atoms. The highest BCUT2D eigenvalue weighted by molar-refractivity contribution is 4.91. The quantitative estimate of drug-likeness (QED) is 0.362. The van der Waals surface area contributed by atoms with Crippen LogP contribution in [0.15, 0.2) is 30.7 Å². The van der Waals surface area contributed by atoms with Crippen molar-refractivity contribution in [2.45, 2.75) is 26.9 Å². The zero-order valence-corrected chi connectivity index (χ0v) is 7.99. The Hall–Kier alpha value is -1.12. The lowest BCUT2D eigenvalue weighted by atomic mass is 10.1. The van der Waals surface area contributed by atoms with Crippen molar-refractivity contribution in [3.8, 4) is 0 Å². The lowest BCUT2D eigenvalue weighted by Crippen LogP contribution is -2.14. The van der Waals surface area contributed by atoms with Gasteiger partial charge in [-0.2, -0.15) is 0 Å². The molecule has 0 aromatic rings. The highest BCUT2D eigenvalue weighted by Crippen LogP contribution is 2.09. The highest BCUT2D eigenvalue weighted by atomic mass is 16.7. The molecule has 3 heteroatoms. The van der Waals surface area contributed by atoms with E-state index in [0.29, 0.717) is 0 Å². The zero-order chi connectivity index (χ0) is 9.98. The van der Waals surface area contributed by atoms with Gasteiger partial charge in [0.25, 0.3) is 0 Å². The van der Waals surface area contributed by atoms with Gasteiger partial charge in [-0.3, -0.25) is 0 Å². The maximum Gasteiger partial charge on any atom is 0.155 e. The van der Waals surface area contributed by atoms with Crippen LogP contribution in [0.2, 0.25) is 0 Å². The van der Waals surface area contributed by atoms with Crippen molar-refractivity contribution < 1.29 is 4.84 Å². The van der Waals surface area contributed by atoms with Crippen molar-refractivity contribution in [1.29, 1.82) is 0 Å². The average molecular weight is 171 g/mol. The second-order valence-electron chi connectivity index (χ2n) is 1.98. The number of nitrogens with zero attached hydrogens (tertiary/aromatic N) is 1. The molecule has 12 heavy (non-hydrogen) atoms. The molecule has 0 amide bonds. The van der Waals surface area contributed by atoms with E-state index in [4.69, 9.17) is 0 Å². The lowest BCUT2D eigenvalue weighted by Gasteiger charge is -2.11. The van der Waals surface area contributed by atoms with E-state index in [0.717, 1.165) is 0 Å². The number of hydrogen-bond acceptors (Lipinski definition) is 3. The molecule has 0 aliphatic heterocycles. The molecule has 0 aliphatic rings. The minimum atomic E-state index is -0.352. The summed E-state index contributed by atoms with van der Waals surface area (Å²) in [5, 5.41) is 2.31. The molecule has 0 aliphatic carbocycles. The highest BCUT2D eigenvalue weighted by Gasteiger charge is 2.11. The predicted molar refractivity (Wildman–Crippen MR) is 51.6 cm³/mol. The van der Waals surface area contributed by atoms with Crippen LogP contribution in [0.5, 0.6) is 0 Å². The van der Waals surface area contributed by atoms with Gasteiger partial charge < -0.3 is 4.84 Å². The van der Waals surface area contributed by atoms with Crippen LogP contribution in [-0.4, -0.2) is 6.10 Å². The third kappa shape index (κ3) is 5.65. The van der Waals surface area contributed by atoms with Crippen molar-refractivity contribution in [1.82, 2.24) is 0 Å². The topological polar surface area (TPSA) is 38.7 Å². The van der Waals surface area contributed by atoms with Gasteiger partial charge in [-0.15, -0.1) is 11.5 Å². The molecule has 0 aromatic heterocycles. The Morgan fingerprint density at radius 3 is 2.08 bits per heavy atom. The van der Waals surface area contributed by atoms with Crippen molar-refractivity contribution in [3.05, 3.63) is 30.2 Å². The van der Waals surface area contributed by atoms with Gasteiger partial charge in [0.2, 0.25) is 0 Å². The SMILES string of the molecule is C=CC(C)C(C=C)ON=O.CC. The Labute approximate surface area is 74.0 Å². The Balaban J connectivity index is 0. The lowest BCUT2D eigenvalue weighted by molar-refractivity contribution is 0.0654. The van der Waals surface area contributed by atoms with Crippen LogP contribution in [0.4, 0.5) is 0 Å². The van der Waals surface area contributed by atoms with Crippen LogP contribution in [0.3, 0.4) is 0 Å². The maximum absolute atomic E-state index is 9.64. The van der Waals surface area contributed by atoms with Gasteiger partial charge in [0.1, 0.15) is 0 Å². The summed E-state index contributed by atoms with van der Waals surface area (Å²) in [5.41, 5.74) is 0. The smallest absolute Gasteiger partial charge is 0.155 e. The van der Waals surface area contributed by atoms with Gasteiger partial charge in [-0.25, -0.2) is 0 Å². The molecule has 70 valence electrons. The van der Waals surface area contributed by atoms with Gasteiger partial charge in [0.15, 0.2) is 11.4 Å². The number of rotatable bonds is 5. The van der Waals surface area contributed by atoms with Gasteiger partial charge >= 0.3 is 0 Å². The molecule has 0 bridgehead atoms. The first-order valence-corrected chi connectivity index (χ1v) is 3.99. The Kier molecular flexibility index (Phi) is 11.1. The third-order valence-electron chi connectivity index (χ3n) is 1.29. The molecule has 0 rings (SSSR count). The fraction of sp³-hybridized carbons (Fsp3) is 0.556. The Morgan fingerprint density at radius 1 is 1.33 bits per heavy atom. The van der Waals surface area contributed by atoms with E-state index in [1.165, 1.54) is 6.08 Å². The van der Waals surface area contributed by atoms with Gasteiger partial charge in [-0.1, -0.05) is 33.4 Å². The molecular formula is C9H17NO2.